The van der Waals surface area contributed by atoms with Crippen LogP contribution in [0.1, 0.15) is 20.3 Å². The van der Waals surface area contributed by atoms with Gasteiger partial charge >= 0.3 is 17.9 Å². The first-order valence-corrected chi connectivity index (χ1v) is 4.90. The molecule has 2 N–H and O–H groups in total. The quantitative estimate of drug-likeness (QED) is 0.570. The predicted molar refractivity (Wildman–Crippen MR) is 64.8 cm³/mol. The molecule has 0 aliphatic heterocycles. The maximum absolute atomic E-state index is 10.6. The van der Waals surface area contributed by atoms with Gasteiger partial charge in [-0.15, -0.1) is 0 Å². The van der Waals surface area contributed by atoms with E-state index in [-0.39, 0.29) is 17.6 Å². The molecule has 18 heavy (non-hydrogen) atoms. The highest BCUT2D eigenvalue weighted by Crippen LogP contribution is 1.96. The number of carboxylic acid groups (broad SMARTS) is 2. The Morgan fingerprint density at radius 3 is 1.78 bits per heavy atom. The van der Waals surface area contributed by atoms with E-state index in [1.807, 2.05) is 0 Å². The SMILES string of the molecule is C=C(CC(=O)O)C(=O)O.[CH2]C(C)OC(=O)C(=C)C. The number of hydrogen-bond donors (Lipinski definition) is 2. The molecule has 101 valence electrons. The van der Waals surface area contributed by atoms with Crippen molar-refractivity contribution in [3.63, 3.8) is 0 Å². The van der Waals surface area contributed by atoms with Gasteiger partial charge in [0, 0.05) is 11.1 Å². The summed E-state index contributed by atoms with van der Waals surface area (Å²) in [5.41, 5.74) is 0.105. The van der Waals surface area contributed by atoms with Crippen LogP contribution < -0.4 is 0 Å². The highest BCUT2D eigenvalue weighted by atomic mass is 16.5. The Hall–Kier alpha value is -2.11. The zero-order valence-electron chi connectivity index (χ0n) is 10.4. The lowest BCUT2D eigenvalue weighted by Crippen LogP contribution is -2.11. The van der Waals surface area contributed by atoms with Crippen LogP contribution in [0, 0.1) is 6.92 Å². The number of carbonyl (C=O) groups excluding carboxylic acids is 1. The molecule has 1 atom stereocenters. The third kappa shape index (κ3) is 12.0. The molecule has 0 aliphatic rings. The third-order valence-corrected chi connectivity index (χ3v) is 1.32. The molecule has 0 heterocycles. The van der Waals surface area contributed by atoms with E-state index in [2.05, 4.69) is 24.8 Å². The number of carbonyl (C=O) groups is 3. The zero-order chi connectivity index (χ0) is 14.9. The summed E-state index contributed by atoms with van der Waals surface area (Å²) >= 11 is 0. The minimum absolute atomic E-state index is 0.297. The number of carboxylic acids is 2. The maximum Gasteiger partial charge on any atom is 0.333 e. The van der Waals surface area contributed by atoms with Gasteiger partial charge in [0.15, 0.2) is 0 Å². The lowest BCUT2D eigenvalue weighted by molar-refractivity contribution is -0.141. The Bertz CT molecular complexity index is 354. The topological polar surface area (TPSA) is 101 Å². The largest absolute Gasteiger partial charge is 0.481 e. The molecular weight excluding hydrogens is 240 g/mol. The second-order valence-electron chi connectivity index (χ2n) is 3.48. The molecule has 1 radical (unpaired) electrons. The highest BCUT2D eigenvalue weighted by Gasteiger charge is 2.07. The molecule has 6 nitrogen and oxygen atoms in total. The van der Waals surface area contributed by atoms with E-state index in [9.17, 15) is 14.4 Å². The second kappa shape index (κ2) is 8.98. The Kier molecular flexibility index (Phi) is 9.11. The number of ether oxygens (including phenoxy) is 1. The van der Waals surface area contributed by atoms with Crippen LogP contribution in [0.15, 0.2) is 24.3 Å². The van der Waals surface area contributed by atoms with Crippen LogP contribution in [0.2, 0.25) is 0 Å². The average molecular weight is 257 g/mol. The molecule has 0 bridgehead atoms. The summed E-state index contributed by atoms with van der Waals surface area (Å²) in [5, 5.41) is 16.1. The molecule has 0 rings (SSSR count). The molecule has 0 aromatic heterocycles. The van der Waals surface area contributed by atoms with E-state index in [0.29, 0.717) is 5.57 Å². The van der Waals surface area contributed by atoms with Gasteiger partial charge in [-0.3, -0.25) is 4.79 Å². The Labute approximate surface area is 106 Å². The van der Waals surface area contributed by atoms with Gasteiger partial charge in [0.2, 0.25) is 0 Å². The monoisotopic (exact) mass is 257 g/mol. The van der Waals surface area contributed by atoms with Crippen LogP contribution in [0.25, 0.3) is 0 Å². The Morgan fingerprint density at radius 1 is 1.22 bits per heavy atom. The van der Waals surface area contributed by atoms with E-state index < -0.39 is 18.4 Å². The van der Waals surface area contributed by atoms with E-state index in [0.717, 1.165) is 0 Å². The molecule has 0 aromatic rings. The van der Waals surface area contributed by atoms with Crippen LogP contribution in [-0.2, 0) is 19.1 Å². The smallest absolute Gasteiger partial charge is 0.333 e. The molecule has 0 aliphatic carbocycles. The molecule has 0 fully saturated rings. The lowest BCUT2D eigenvalue weighted by Gasteiger charge is -2.05. The van der Waals surface area contributed by atoms with Crippen LogP contribution in [0.5, 0.6) is 0 Å². The minimum Gasteiger partial charge on any atom is -0.481 e. The summed E-state index contributed by atoms with van der Waals surface area (Å²) in [4.78, 5) is 30.3. The first-order valence-electron chi connectivity index (χ1n) is 4.90. The minimum atomic E-state index is -1.27. The molecule has 0 saturated carbocycles. The van der Waals surface area contributed by atoms with Crippen molar-refractivity contribution in [1.82, 2.24) is 0 Å². The van der Waals surface area contributed by atoms with Gasteiger partial charge in [0.25, 0.3) is 0 Å². The molecule has 6 heteroatoms. The van der Waals surface area contributed by atoms with Crippen molar-refractivity contribution in [2.75, 3.05) is 0 Å². The van der Waals surface area contributed by atoms with Crippen LogP contribution in [0.4, 0.5) is 0 Å². The molecule has 0 spiro atoms. The summed E-state index contributed by atoms with van der Waals surface area (Å²) < 4.78 is 4.66. The van der Waals surface area contributed by atoms with Crippen molar-refractivity contribution < 1.29 is 29.3 Å². The first kappa shape index (κ1) is 18.3. The summed E-state index contributed by atoms with van der Waals surface area (Å²) in [5.74, 6) is -2.82. The average Bonchev–Trinajstić information content (AvgIpc) is 2.16. The standard InChI is InChI=1S/C7H11O2.C5H6O4/c1-5(2)7(8)9-6(3)4;1-3(5(8)9)2-4(6)7/h6H,1,3H2,2,4H3;1-2H2,(H,6,7)(H,8,9). The highest BCUT2D eigenvalue weighted by molar-refractivity contribution is 5.91. The van der Waals surface area contributed by atoms with Crippen molar-refractivity contribution in [2.24, 2.45) is 0 Å². The van der Waals surface area contributed by atoms with Gasteiger partial charge in [0.05, 0.1) is 12.5 Å². The number of hydrogen-bond acceptors (Lipinski definition) is 4. The Morgan fingerprint density at radius 2 is 1.67 bits per heavy atom. The van der Waals surface area contributed by atoms with E-state index in [1.54, 1.807) is 13.8 Å². The molecule has 0 saturated heterocycles. The van der Waals surface area contributed by atoms with Gasteiger partial charge in [-0.05, 0) is 20.8 Å². The third-order valence-electron chi connectivity index (χ3n) is 1.32. The van der Waals surface area contributed by atoms with Crippen LogP contribution in [-0.4, -0.2) is 34.2 Å². The van der Waals surface area contributed by atoms with Gasteiger partial charge in [-0.2, -0.15) is 0 Å². The van der Waals surface area contributed by atoms with Crippen LogP contribution >= 0.6 is 0 Å². The summed E-state index contributed by atoms with van der Waals surface area (Å²) in [6.45, 7) is 13.2. The van der Waals surface area contributed by atoms with E-state index >= 15 is 0 Å². The Balaban J connectivity index is 0. The summed E-state index contributed by atoms with van der Waals surface area (Å²) in [6, 6.07) is 0. The molecule has 1 unspecified atom stereocenters. The number of aliphatic carboxylic acids is 2. The fraction of sp³-hybridized carbons (Fsp3) is 0.333. The van der Waals surface area contributed by atoms with Crippen molar-refractivity contribution in [3.05, 3.63) is 31.2 Å². The van der Waals surface area contributed by atoms with Gasteiger partial charge in [0.1, 0.15) is 0 Å². The lowest BCUT2D eigenvalue weighted by atomic mass is 10.2. The summed E-state index contributed by atoms with van der Waals surface area (Å²) in [6.07, 6.45) is -0.802. The van der Waals surface area contributed by atoms with Crippen molar-refractivity contribution >= 4 is 17.9 Å². The molecule has 0 amide bonds. The van der Waals surface area contributed by atoms with Crippen molar-refractivity contribution in [2.45, 2.75) is 26.4 Å². The number of rotatable bonds is 5. The van der Waals surface area contributed by atoms with E-state index in [1.165, 1.54) is 0 Å². The second-order valence-corrected chi connectivity index (χ2v) is 3.48. The fourth-order valence-electron chi connectivity index (χ4n) is 0.541. The zero-order valence-corrected chi connectivity index (χ0v) is 10.4. The first-order chi connectivity index (χ1) is 8.07. The van der Waals surface area contributed by atoms with Gasteiger partial charge in [-0.1, -0.05) is 13.2 Å². The van der Waals surface area contributed by atoms with Crippen molar-refractivity contribution in [1.29, 1.82) is 0 Å². The predicted octanol–water partition coefficient (Wildman–Crippen LogP) is 1.43. The fourth-order valence-corrected chi connectivity index (χ4v) is 0.541. The van der Waals surface area contributed by atoms with Gasteiger partial charge in [-0.25, -0.2) is 9.59 Å². The van der Waals surface area contributed by atoms with E-state index in [4.69, 9.17) is 10.2 Å². The maximum atomic E-state index is 10.6. The molecule has 0 aromatic carbocycles. The molecular formula is C12H17O6. The summed E-state index contributed by atoms with van der Waals surface area (Å²) in [7, 11) is 0. The van der Waals surface area contributed by atoms with Gasteiger partial charge < -0.3 is 14.9 Å². The van der Waals surface area contributed by atoms with Crippen molar-refractivity contribution in [3.8, 4) is 0 Å². The number of esters is 1. The normalized spacial score (nSPS) is 8.89. The van der Waals surface area contributed by atoms with Crippen LogP contribution in [0.3, 0.4) is 0 Å².